The summed E-state index contributed by atoms with van der Waals surface area (Å²) in [4.78, 5) is 0. The highest BCUT2D eigenvalue weighted by molar-refractivity contribution is 7.92. The van der Waals surface area contributed by atoms with Gasteiger partial charge in [-0.15, -0.1) is 0 Å². The molecule has 0 spiro atoms. The third-order valence-corrected chi connectivity index (χ3v) is 6.40. The molecule has 0 bridgehead atoms. The zero-order chi connectivity index (χ0) is 14.0. The number of sulfone groups is 1. The van der Waals surface area contributed by atoms with E-state index in [1.54, 1.807) is 0 Å². The van der Waals surface area contributed by atoms with Crippen molar-refractivity contribution in [1.29, 1.82) is 0 Å². The Labute approximate surface area is 115 Å². The Hall–Kier alpha value is -0.870. The topological polar surface area (TPSA) is 54.4 Å². The van der Waals surface area contributed by atoms with Crippen LogP contribution in [0.25, 0.3) is 0 Å². The average Bonchev–Trinajstić information content (AvgIpc) is 2.33. The van der Waals surface area contributed by atoms with Crippen LogP contribution in [-0.4, -0.2) is 30.6 Å². The lowest BCUT2D eigenvalue weighted by Gasteiger charge is -2.26. The minimum atomic E-state index is -3.11. The number of aliphatic hydroxyl groups excluding tert-OH is 1. The Morgan fingerprint density at radius 2 is 2.00 bits per heavy atom. The molecule has 19 heavy (non-hydrogen) atoms. The molecule has 106 valence electrons. The first kappa shape index (κ1) is 14.5. The van der Waals surface area contributed by atoms with Crippen molar-refractivity contribution in [1.82, 2.24) is 0 Å². The lowest BCUT2D eigenvalue weighted by molar-refractivity contribution is 0.162. The van der Waals surface area contributed by atoms with Crippen LogP contribution in [0, 0.1) is 13.8 Å². The predicted octanol–water partition coefficient (Wildman–Crippen LogP) is 2.17. The molecule has 4 heteroatoms. The smallest absolute Gasteiger partial charge is 0.155 e. The summed E-state index contributed by atoms with van der Waals surface area (Å²) in [6.45, 7) is 4.07. The van der Waals surface area contributed by atoms with Gasteiger partial charge in [0, 0.05) is 0 Å². The second kappa shape index (κ2) is 5.63. The number of aliphatic hydroxyl groups is 1. The molecule has 0 saturated carbocycles. The summed E-state index contributed by atoms with van der Waals surface area (Å²) >= 11 is 0. The standard InChI is InChI=1S/C15H22O3S/c1-11-6-7-13(9-12(11)2)10-14(16)15-5-3-4-8-19(15,17)18/h6-7,9,14-16H,3-5,8,10H2,1-2H3. The van der Waals surface area contributed by atoms with Gasteiger partial charge in [-0.1, -0.05) is 24.6 Å². The molecule has 1 heterocycles. The second-order valence-corrected chi connectivity index (χ2v) is 7.93. The van der Waals surface area contributed by atoms with Crippen molar-refractivity contribution in [2.45, 2.75) is 50.9 Å². The van der Waals surface area contributed by atoms with Gasteiger partial charge in [0.1, 0.15) is 0 Å². The minimum Gasteiger partial charge on any atom is -0.391 e. The zero-order valence-electron chi connectivity index (χ0n) is 11.6. The van der Waals surface area contributed by atoms with Crippen molar-refractivity contribution in [2.75, 3.05) is 5.75 Å². The first-order valence-electron chi connectivity index (χ1n) is 6.86. The van der Waals surface area contributed by atoms with Gasteiger partial charge in [0.15, 0.2) is 9.84 Å². The van der Waals surface area contributed by atoms with Crippen LogP contribution in [0.4, 0.5) is 0 Å². The van der Waals surface area contributed by atoms with Gasteiger partial charge in [0.25, 0.3) is 0 Å². The van der Waals surface area contributed by atoms with E-state index in [1.807, 2.05) is 32.0 Å². The van der Waals surface area contributed by atoms with Crippen LogP contribution in [-0.2, 0) is 16.3 Å². The molecule has 1 aromatic rings. The predicted molar refractivity (Wildman–Crippen MR) is 77.1 cm³/mol. The molecule has 1 aliphatic heterocycles. The highest BCUT2D eigenvalue weighted by Crippen LogP contribution is 2.24. The summed E-state index contributed by atoms with van der Waals surface area (Å²) in [7, 11) is -3.11. The number of rotatable bonds is 3. The van der Waals surface area contributed by atoms with Crippen LogP contribution in [0.3, 0.4) is 0 Å². The van der Waals surface area contributed by atoms with E-state index in [4.69, 9.17) is 0 Å². The third-order valence-electron chi connectivity index (χ3n) is 4.07. The average molecular weight is 282 g/mol. The maximum absolute atomic E-state index is 12.0. The Kier molecular flexibility index (Phi) is 4.31. The molecular weight excluding hydrogens is 260 g/mol. The van der Waals surface area contributed by atoms with Gasteiger partial charge in [-0.3, -0.25) is 0 Å². The van der Waals surface area contributed by atoms with Crippen molar-refractivity contribution in [2.24, 2.45) is 0 Å². The minimum absolute atomic E-state index is 0.224. The van der Waals surface area contributed by atoms with Crippen molar-refractivity contribution < 1.29 is 13.5 Å². The molecule has 1 aliphatic rings. The highest BCUT2D eigenvalue weighted by atomic mass is 32.2. The fourth-order valence-electron chi connectivity index (χ4n) is 2.71. The Balaban J connectivity index is 2.11. The number of hydrogen-bond acceptors (Lipinski definition) is 3. The molecule has 0 aliphatic carbocycles. The zero-order valence-corrected chi connectivity index (χ0v) is 12.4. The summed E-state index contributed by atoms with van der Waals surface area (Å²) in [6, 6.07) is 6.03. The van der Waals surface area contributed by atoms with Gasteiger partial charge < -0.3 is 5.11 Å². The van der Waals surface area contributed by atoms with Crippen molar-refractivity contribution in [3.8, 4) is 0 Å². The molecule has 0 aromatic heterocycles. The maximum Gasteiger partial charge on any atom is 0.155 e. The fraction of sp³-hybridized carbons (Fsp3) is 0.600. The van der Waals surface area contributed by atoms with Gasteiger partial charge in [-0.25, -0.2) is 8.42 Å². The van der Waals surface area contributed by atoms with Crippen LogP contribution in [0.15, 0.2) is 18.2 Å². The van der Waals surface area contributed by atoms with E-state index in [2.05, 4.69) is 0 Å². The summed E-state index contributed by atoms with van der Waals surface area (Å²) in [5, 5.41) is 9.66. The van der Waals surface area contributed by atoms with Crippen molar-refractivity contribution in [3.63, 3.8) is 0 Å². The van der Waals surface area contributed by atoms with E-state index in [9.17, 15) is 13.5 Å². The molecule has 2 rings (SSSR count). The van der Waals surface area contributed by atoms with Crippen molar-refractivity contribution >= 4 is 9.84 Å². The van der Waals surface area contributed by atoms with Crippen LogP contribution in [0.2, 0.25) is 0 Å². The van der Waals surface area contributed by atoms with E-state index in [0.29, 0.717) is 12.8 Å². The maximum atomic E-state index is 12.0. The molecule has 3 nitrogen and oxygen atoms in total. The third kappa shape index (κ3) is 3.37. The number of hydrogen-bond donors (Lipinski definition) is 1. The van der Waals surface area contributed by atoms with Crippen molar-refractivity contribution in [3.05, 3.63) is 34.9 Å². The first-order chi connectivity index (χ1) is 8.90. The highest BCUT2D eigenvalue weighted by Gasteiger charge is 2.34. The molecule has 1 N–H and O–H groups in total. The normalized spacial score (nSPS) is 24.1. The largest absolute Gasteiger partial charge is 0.391 e. The first-order valence-corrected chi connectivity index (χ1v) is 8.57. The second-order valence-electron chi connectivity index (χ2n) is 5.59. The van der Waals surface area contributed by atoms with Gasteiger partial charge in [0.2, 0.25) is 0 Å². The summed E-state index contributed by atoms with van der Waals surface area (Å²) in [5.74, 6) is 0.224. The molecule has 1 fully saturated rings. The molecule has 1 saturated heterocycles. The molecule has 2 unspecified atom stereocenters. The Bertz CT molecular complexity index is 549. The van der Waals surface area contributed by atoms with Crippen LogP contribution >= 0.6 is 0 Å². The van der Waals surface area contributed by atoms with Gasteiger partial charge in [-0.05, 0) is 49.8 Å². The Morgan fingerprint density at radius 1 is 1.26 bits per heavy atom. The van der Waals surface area contributed by atoms with Gasteiger partial charge in [0.05, 0.1) is 17.1 Å². The molecule has 0 amide bonds. The summed E-state index contributed by atoms with van der Waals surface area (Å²) < 4.78 is 23.9. The van der Waals surface area contributed by atoms with Crippen LogP contribution in [0.5, 0.6) is 0 Å². The summed E-state index contributed by atoms with van der Waals surface area (Å²) in [6.07, 6.45) is 1.86. The fourth-order valence-corrected chi connectivity index (χ4v) is 4.72. The van der Waals surface area contributed by atoms with E-state index in [-0.39, 0.29) is 5.75 Å². The number of aryl methyl sites for hydroxylation is 2. The van der Waals surface area contributed by atoms with E-state index in [1.165, 1.54) is 11.1 Å². The van der Waals surface area contributed by atoms with E-state index >= 15 is 0 Å². The molecular formula is C15H22O3S. The van der Waals surface area contributed by atoms with Gasteiger partial charge >= 0.3 is 0 Å². The van der Waals surface area contributed by atoms with Gasteiger partial charge in [-0.2, -0.15) is 0 Å². The van der Waals surface area contributed by atoms with E-state index in [0.717, 1.165) is 18.4 Å². The lowest BCUT2D eigenvalue weighted by Crippen LogP contribution is -2.39. The summed E-state index contributed by atoms with van der Waals surface area (Å²) in [5.41, 5.74) is 3.40. The monoisotopic (exact) mass is 282 g/mol. The molecule has 2 atom stereocenters. The Morgan fingerprint density at radius 3 is 2.63 bits per heavy atom. The molecule has 1 aromatic carbocycles. The number of benzene rings is 1. The van der Waals surface area contributed by atoms with Crippen LogP contribution in [0.1, 0.15) is 36.0 Å². The van der Waals surface area contributed by atoms with E-state index < -0.39 is 21.2 Å². The lowest BCUT2D eigenvalue weighted by atomic mass is 9.99. The quantitative estimate of drug-likeness (QED) is 0.924. The molecule has 0 radical (unpaired) electrons. The SMILES string of the molecule is Cc1ccc(CC(O)C2CCCCS2(=O)=O)cc1C. The van der Waals surface area contributed by atoms with Crippen LogP contribution < -0.4 is 0 Å².